The van der Waals surface area contributed by atoms with Crippen molar-refractivity contribution in [1.29, 1.82) is 0 Å². The monoisotopic (exact) mass is 263 g/mol. The largest absolute Gasteiger partial charge is 0.399 e. The highest BCUT2D eigenvalue weighted by Crippen LogP contribution is 2.31. The molecule has 1 aliphatic rings. The summed E-state index contributed by atoms with van der Waals surface area (Å²) in [5, 5.41) is 1.08. The minimum Gasteiger partial charge on any atom is -0.399 e. The molecule has 1 aromatic heterocycles. The lowest BCUT2D eigenvalue weighted by Crippen LogP contribution is -2.42. The highest BCUT2D eigenvalue weighted by atomic mass is 32.1. The zero-order valence-electron chi connectivity index (χ0n) is 10.4. The molecule has 1 aromatic carbocycles. The normalized spacial score (nSPS) is 20.5. The Morgan fingerprint density at radius 3 is 3.28 bits per heavy atom. The Labute approximate surface area is 110 Å². The smallest absolute Gasteiger partial charge is 0.186 e. The average Bonchev–Trinajstić information content (AvgIpc) is 2.81. The van der Waals surface area contributed by atoms with Gasteiger partial charge in [0.15, 0.2) is 5.13 Å². The van der Waals surface area contributed by atoms with E-state index in [-0.39, 0.29) is 0 Å². The first-order chi connectivity index (χ1) is 8.76. The van der Waals surface area contributed by atoms with E-state index in [1.807, 2.05) is 18.2 Å². The van der Waals surface area contributed by atoms with Gasteiger partial charge in [0.2, 0.25) is 0 Å². The minimum atomic E-state index is 0.329. The molecule has 0 bridgehead atoms. The van der Waals surface area contributed by atoms with Crippen LogP contribution < -0.4 is 10.6 Å². The van der Waals surface area contributed by atoms with E-state index in [2.05, 4.69) is 16.8 Å². The van der Waals surface area contributed by atoms with Crippen LogP contribution in [-0.2, 0) is 4.74 Å². The zero-order valence-corrected chi connectivity index (χ0v) is 11.2. The molecule has 2 heterocycles. The van der Waals surface area contributed by atoms with Crippen molar-refractivity contribution in [2.75, 3.05) is 30.3 Å². The summed E-state index contributed by atoms with van der Waals surface area (Å²) in [5.41, 5.74) is 7.63. The Morgan fingerprint density at radius 1 is 1.56 bits per heavy atom. The predicted octanol–water partition coefficient (Wildman–Crippen LogP) is 2.49. The molecule has 0 spiro atoms. The van der Waals surface area contributed by atoms with Gasteiger partial charge in [0, 0.05) is 18.8 Å². The van der Waals surface area contributed by atoms with Crippen LogP contribution in [-0.4, -0.2) is 30.8 Å². The molecule has 1 unspecified atom stereocenters. The van der Waals surface area contributed by atoms with E-state index < -0.39 is 0 Å². The lowest BCUT2D eigenvalue weighted by Gasteiger charge is -2.32. The first-order valence-corrected chi connectivity index (χ1v) is 7.10. The van der Waals surface area contributed by atoms with Gasteiger partial charge in [-0.3, -0.25) is 0 Å². The molecule has 1 aliphatic heterocycles. The van der Waals surface area contributed by atoms with Crippen molar-refractivity contribution in [1.82, 2.24) is 4.98 Å². The van der Waals surface area contributed by atoms with Gasteiger partial charge in [-0.1, -0.05) is 18.3 Å². The van der Waals surface area contributed by atoms with Crippen molar-refractivity contribution in [3.63, 3.8) is 0 Å². The molecule has 2 N–H and O–H groups in total. The lowest BCUT2D eigenvalue weighted by atomic mass is 10.2. The van der Waals surface area contributed by atoms with Crippen LogP contribution in [0.4, 0.5) is 10.8 Å². The number of thiazole rings is 1. The maximum atomic E-state index is 5.80. The van der Waals surface area contributed by atoms with Gasteiger partial charge in [-0.05, 0) is 24.6 Å². The number of nitrogen functional groups attached to an aromatic ring is 1. The number of fused-ring (bicyclic) bond motifs is 1. The second kappa shape index (κ2) is 4.74. The van der Waals surface area contributed by atoms with E-state index >= 15 is 0 Å². The fraction of sp³-hybridized carbons (Fsp3) is 0.462. The third-order valence-electron chi connectivity index (χ3n) is 3.27. The molecule has 1 fully saturated rings. The Bertz CT molecular complexity index is 554. The minimum absolute atomic E-state index is 0.329. The fourth-order valence-corrected chi connectivity index (χ4v) is 3.25. The van der Waals surface area contributed by atoms with E-state index in [4.69, 9.17) is 10.5 Å². The standard InChI is InChI=1S/C13H17N3OS/c1-2-10-8-16(5-6-17-10)13-15-11-4-3-9(14)7-12(11)18-13/h3-4,7,10H,2,5-6,8,14H2,1H3. The number of aromatic nitrogens is 1. The number of benzene rings is 1. The molecular formula is C13H17N3OS. The summed E-state index contributed by atoms with van der Waals surface area (Å²) in [6, 6.07) is 5.89. The third kappa shape index (κ3) is 2.15. The molecule has 2 aromatic rings. The average molecular weight is 263 g/mol. The maximum Gasteiger partial charge on any atom is 0.186 e. The number of rotatable bonds is 2. The SMILES string of the molecule is CCC1CN(c2nc3ccc(N)cc3s2)CCO1. The highest BCUT2D eigenvalue weighted by molar-refractivity contribution is 7.22. The van der Waals surface area contributed by atoms with Crippen LogP contribution in [0, 0.1) is 0 Å². The third-order valence-corrected chi connectivity index (χ3v) is 4.34. The zero-order chi connectivity index (χ0) is 12.5. The first-order valence-electron chi connectivity index (χ1n) is 6.29. The summed E-state index contributed by atoms with van der Waals surface area (Å²) in [5.74, 6) is 0. The first kappa shape index (κ1) is 11.7. The quantitative estimate of drug-likeness (QED) is 0.846. The van der Waals surface area contributed by atoms with E-state index in [9.17, 15) is 0 Å². The summed E-state index contributed by atoms with van der Waals surface area (Å²) < 4.78 is 6.84. The number of nitrogens with two attached hydrogens (primary N) is 1. The number of morpholine rings is 1. The van der Waals surface area contributed by atoms with Gasteiger partial charge in [0.05, 0.1) is 22.9 Å². The van der Waals surface area contributed by atoms with E-state index in [0.717, 1.165) is 47.2 Å². The Hall–Kier alpha value is -1.33. The second-order valence-corrected chi connectivity index (χ2v) is 5.58. The summed E-state index contributed by atoms with van der Waals surface area (Å²) in [7, 11) is 0. The molecule has 0 radical (unpaired) electrons. The summed E-state index contributed by atoms with van der Waals surface area (Å²) in [6.07, 6.45) is 1.38. The van der Waals surface area contributed by atoms with Crippen LogP contribution >= 0.6 is 11.3 Å². The van der Waals surface area contributed by atoms with Crippen molar-refractivity contribution in [2.45, 2.75) is 19.4 Å². The molecule has 0 amide bonds. The Kier molecular flexibility index (Phi) is 3.09. The van der Waals surface area contributed by atoms with Gasteiger partial charge in [-0.2, -0.15) is 0 Å². The second-order valence-electron chi connectivity index (χ2n) is 4.57. The van der Waals surface area contributed by atoms with Crippen LogP contribution in [0.3, 0.4) is 0 Å². The Morgan fingerprint density at radius 2 is 2.44 bits per heavy atom. The van der Waals surface area contributed by atoms with Gasteiger partial charge >= 0.3 is 0 Å². The van der Waals surface area contributed by atoms with Crippen LogP contribution in [0.2, 0.25) is 0 Å². The molecule has 3 rings (SSSR count). The number of hydrogen-bond acceptors (Lipinski definition) is 5. The predicted molar refractivity (Wildman–Crippen MR) is 76.3 cm³/mol. The summed E-state index contributed by atoms with van der Waals surface area (Å²) in [6.45, 7) is 4.81. The summed E-state index contributed by atoms with van der Waals surface area (Å²) >= 11 is 1.71. The van der Waals surface area contributed by atoms with Crippen molar-refractivity contribution >= 4 is 32.4 Å². The number of ether oxygens (including phenoxy) is 1. The molecule has 1 atom stereocenters. The van der Waals surface area contributed by atoms with Gasteiger partial charge in [-0.25, -0.2) is 4.98 Å². The molecule has 0 saturated carbocycles. The van der Waals surface area contributed by atoms with E-state index in [1.54, 1.807) is 11.3 Å². The molecule has 18 heavy (non-hydrogen) atoms. The molecular weight excluding hydrogens is 246 g/mol. The van der Waals surface area contributed by atoms with Crippen molar-refractivity contribution < 1.29 is 4.74 Å². The van der Waals surface area contributed by atoms with E-state index in [1.165, 1.54) is 0 Å². The number of hydrogen-bond donors (Lipinski definition) is 1. The van der Waals surface area contributed by atoms with Gasteiger partial charge in [-0.15, -0.1) is 0 Å². The van der Waals surface area contributed by atoms with Gasteiger partial charge < -0.3 is 15.4 Å². The van der Waals surface area contributed by atoms with E-state index in [0.29, 0.717) is 6.10 Å². The van der Waals surface area contributed by atoms with Gasteiger partial charge in [0.25, 0.3) is 0 Å². The molecule has 1 saturated heterocycles. The highest BCUT2D eigenvalue weighted by Gasteiger charge is 2.21. The van der Waals surface area contributed by atoms with Gasteiger partial charge in [0.1, 0.15) is 0 Å². The van der Waals surface area contributed by atoms with Crippen LogP contribution in [0.5, 0.6) is 0 Å². The van der Waals surface area contributed by atoms with Crippen molar-refractivity contribution in [3.05, 3.63) is 18.2 Å². The topological polar surface area (TPSA) is 51.4 Å². The fourth-order valence-electron chi connectivity index (χ4n) is 2.20. The van der Waals surface area contributed by atoms with Crippen LogP contribution in [0.15, 0.2) is 18.2 Å². The maximum absolute atomic E-state index is 5.80. The van der Waals surface area contributed by atoms with Crippen LogP contribution in [0.1, 0.15) is 13.3 Å². The number of nitrogens with zero attached hydrogens (tertiary/aromatic N) is 2. The molecule has 96 valence electrons. The number of anilines is 2. The van der Waals surface area contributed by atoms with Crippen molar-refractivity contribution in [3.8, 4) is 0 Å². The lowest BCUT2D eigenvalue weighted by molar-refractivity contribution is 0.0384. The molecule has 4 nitrogen and oxygen atoms in total. The van der Waals surface area contributed by atoms with Crippen LogP contribution in [0.25, 0.3) is 10.2 Å². The van der Waals surface area contributed by atoms with Crippen molar-refractivity contribution in [2.24, 2.45) is 0 Å². The molecule has 0 aliphatic carbocycles. The summed E-state index contributed by atoms with van der Waals surface area (Å²) in [4.78, 5) is 7.00. The molecule has 5 heteroatoms. The Balaban J connectivity index is 1.89.